The fourth-order valence-corrected chi connectivity index (χ4v) is 2.84. The van der Waals surface area contributed by atoms with Gasteiger partial charge < -0.3 is 4.74 Å². The molecule has 0 spiro atoms. The van der Waals surface area contributed by atoms with E-state index in [1.165, 1.54) is 6.33 Å². The van der Waals surface area contributed by atoms with Crippen LogP contribution in [-0.2, 0) is 0 Å². The molecule has 7 heteroatoms. The molecule has 0 aliphatic heterocycles. The van der Waals surface area contributed by atoms with Crippen LogP contribution in [0.5, 0.6) is 5.75 Å². The Hall–Kier alpha value is -3.74. The van der Waals surface area contributed by atoms with Crippen molar-refractivity contribution in [2.24, 2.45) is 0 Å². The van der Waals surface area contributed by atoms with Crippen LogP contribution in [0.1, 0.15) is 17.3 Å². The quantitative estimate of drug-likeness (QED) is 0.567. The summed E-state index contributed by atoms with van der Waals surface area (Å²) >= 11 is 0. The largest absolute Gasteiger partial charge is 0.494 e. The highest BCUT2D eigenvalue weighted by Gasteiger charge is 2.15. The number of aromatic nitrogens is 4. The molecule has 4 rings (SSSR count). The molecule has 4 aromatic rings. The van der Waals surface area contributed by atoms with E-state index >= 15 is 0 Å². The first-order valence-electron chi connectivity index (χ1n) is 8.54. The molecule has 27 heavy (non-hydrogen) atoms. The van der Waals surface area contributed by atoms with Crippen molar-refractivity contribution in [2.75, 3.05) is 11.9 Å². The molecule has 0 aliphatic rings. The van der Waals surface area contributed by atoms with Crippen molar-refractivity contribution in [1.29, 1.82) is 0 Å². The number of benzene rings is 2. The van der Waals surface area contributed by atoms with Crippen molar-refractivity contribution < 1.29 is 9.53 Å². The van der Waals surface area contributed by atoms with E-state index in [0.717, 1.165) is 22.2 Å². The molecule has 0 radical (unpaired) electrons. The predicted molar refractivity (Wildman–Crippen MR) is 103 cm³/mol. The van der Waals surface area contributed by atoms with Crippen LogP contribution in [0, 0.1) is 0 Å². The zero-order chi connectivity index (χ0) is 18.6. The number of carbonyl (C=O) groups is 1. The highest BCUT2D eigenvalue weighted by Crippen LogP contribution is 2.26. The molecule has 0 bridgehead atoms. The Labute approximate surface area is 155 Å². The molecule has 0 saturated carbocycles. The van der Waals surface area contributed by atoms with Crippen molar-refractivity contribution in [3.05, 3.63) is 66.5 Å². The Morgan fingerprint density at radius 1 is 1.15 bits per heavy atom. The zero-order valence-electron chi connectivity index (χ0n) is 14.6. The van der Waals surface area contributed by atoms with Gasteiger partial charge in [0, 0.05) is 10.9 Å². The standard InChI is InChI=1S/C20H17N5O2/c1-2-27-14-9-7-13(8-10-14)18-11-16(15-5-3-4-6-17(15)23-18)19(26)24-20-21-12-22-25-20/h3-12H,2H2,1H3,(H2,21,22,24,25,26). The molecule has 0 atom stereocenters. The highest BCUT2D eigenvalue weighted by molar-refractivity contribution is 6.12. The van der Waals surface area contributed by atoms with Crippen LogP contribution >= 0.6 is 0 Å². The number of hydrogen-bond acceptors (Lipinski definition) is 5. The smallest absolute Gasteiger partial charge is 0.258 e. The first kappa shape index (κ1) is 16.7. The number of nitrogens with zero attached hydrogens (tertiary/aromatic N) is 3. The minimum atomic E-state index is -0.280. The number of hydrogen-bond donors (Lipinski definition) is 2. The number of H-pyrrole nitrogens is 1. The number of rotatable bonds is 5. The van der Waals surface area contributed by atoms with Gasteiger partial charge in [-0.1, -0.05) is 18.2 Å². The number of carbonyl (C=O) groups excluding carboxylic acids is 1. The van der Waals surface area contributed by atoms with Crippen LogP contribution in [0.2, 0.25) is 0 Å². The summed E-state index contributed by atoms with van der Waals surface area (Å²) in [6.45, 7) is 2.55. The lowest BCUT2D eigenvalue weighted by Gasteiger charge is -2.10. The Balaban J connectivity index is 1.77. The molecule has 2 aromatic carbocycles. The lowest BCUT2D eigenvalue weighted by molar-refractivity contribution is 0.102. The Kier molecular flexibility index (Phi) is 4.49. The molecule has 2 heterocycles. The van der Waals surface area contributed by atoms with Crippen LogP contribution < -0.4 is 10.1 Å². The summed E-state index contributed by atoms with van der Waals surface area (Å²) in [5.41, 5.74) is 2.87. The van der Waals surface area contributed by atoms with Crippen LogP contribution in [0.25, 0.3) is 22.2 Å². The van der Waals surface area contributed by atoms with E-state index in [-0.39, 0.29) is 5.91 Å². The molecule has 7 nitrogen and oxygen atoms in total. The van der Waals surface area contributed by atoms with Gasteiger partial charge in [0.05, 0.1) is 23.4 Å². The van der Waals surface area contributed by atoms with Crippen molar-refractivity contribution in [2.45, 2.75) is 6.92 Å². The molecule has 0 saturated heterocycles. The molecule has 2 aromatic heterocycles. The monoisotopic (exact) mass is 359 g/mol. The minimum Gasteiger partial charge on any atom is -0.494 e. The summed E-state index contributed by atoms with van der Waals surface area (Å²) in [4.78, 5) is 21.4. The van der Waals surface area contributed by atoms with E-state index in [1.54, 1.807) is 6.07 Å². The van der Waals surface area contributed by atoms with Crippen molar-refractivity contribution in [3.63, 3.8) is 0 Å². The van der Waals surface area contributed by atoms with Gasteiger partial charge in [0.1, 0.15) is 12.1 Å². The SMILES string of the molecule is CCOc1ccc(-c2cc(C(=O)Nc3ncn[nH]3)c3ccccc3n2)cc1. The van der Waals surface area contributed by atoms with Gasteiger partial charge in [-0.2, -0.15) is 10.1 Å². The van der Waals surface area contributed by atoms with E-state index in [9.17, 15) is 4.79 Å². The Bertz CT molecular complexity index is 1080. The number of aromatic amines is 1. The number of anilines is 1. The lowest BCUT2D eigenvalue weighted by Crippen LogP contribution is -2.14. The van der Waals surface area contributed by atoms with Crippen molar-refractivity contribution in [1.82, 2.24) is 20.2 Å². The Morgan fingerprint density at radius 2 is 1.96 bits per heavy atom. The summed E-state index contributed by atoms with van der Waals surface area (Å²) in [5.74, 6) is 0.811. The summed E-state index contributed by atoms with van der Waals surface area (Å²) in [7, 11) is 0. The highest BCUT2D eigenvalue weighted by atomic mass is 16.5. The fraction of sp³-hybridized carbons (Fsp3) is 0.100. The second-order valence-corrected chi connectivity index (χ2v) is 5.82. The number of pyridine rings is 1. The fourth-order valence-electron chi connectivity index (χ4n) is 2.84. The second kappa shape index (κ2) is 7.25. The third-order valence-electron chi connectivity index (χ3n) is 4.07. The molecular formula is C20H17N5O2. The number of para-hydroxylation sites is 1. The molecular weight excluding hydrogens is 342 g/mol. The topological polar surface area (TPSA) is 92.8 Å². The molecule has 1 amide bonds. The minimum absolute atomic E-state index is 0.280. The summed E-state index contributed by atoms with van der Waals surface area (Å²) in [5, 5.41) is 9.86. The third kappa shape index (κ3) is 3.48. The molecule has 0 fully saturated rings. The van der Waals surface area contributed by atoms with Gasteiger partial charge in [-0.05, 0) is 43.3 Å². The van der Waals surface area contributed by atoms with E-state index in [4.69, 9.17) is 9.72 Å². The third-order valence-corrected chi connectivity index (χ3v) is 4.07. The zero-order valence-corrected chi connectivity index (χ0v) is 14.6. The van der Waals surface area contributed by atoms with Gasteiger partial charge in [0.15, 0.2) is 0 Å². The van der Waals surface area contributed by atoms with Crippen LogP contribution in [0.3, 0.4) is 0 Å². The maximum Gasteiger partial charge on any atom is 0.258 e. The van der Waals surface area contributed by atoms with E-state index in [1.807, 2.05) is 55.5 Å². The van der Waals surface area contributed by atoms with Gasteiger partial charge in [-0.25, -0.2) is 10.1 Å². The first-order valence-corrected chi connectivity index (χ1v) is 8.54. The lowest BCUT2D eigenvalue weighted by atomic mass is 10.0. The average molecular weight is 359 g/mol. The van der Waals surface area contributed by atoms with Gasteiger partial charge in [0.2, 0.25) is 5.95 Å². The average Bonchev–Trinajstić information content (AvgIpc) is 3.21. The summed E-state index contributed by atoms with van der Waals surface area (Å²) in [6, 6.07) is 17.0. The number of amides is 1. The van der Waals surface area contributed by atoms with Crippen LogP contribution in [0.4, 0.5) is 5.95 Å². The number of nitrogens with one attached hydrogen (secondary N) is 2. The molecule has 0 unspecified atom stereocenters. The van der Waals surface area contributed by atoms with Crippen LogP contribution in [0.15, 0.2) is 60.9 Å². The predicted octanol–water partition coefficient (Wildman–Crippen LogP) is 3.67. The number of fused-ring (bicyclic) bond motifs is 1. The van der Waals surface area contributed by atoms with Crippen molar-refractivity contribution >= 4 is 22.8 Å². The summed E-state index contributed by atoms with van der Waals surface area (Å²) < 4.78 is 5.49. The van der Waals surface area contributed by atoms with E-state index in [2.05, 4.69) is 20.5 Å². The van der Waals surface area contributed by atoms with Crippen molar-refractivity contribution in [3.8, 4) is 17.0 Å². The Morgan fingerprint density at radius 3 is 2.70 bits per heavy atom. The maximum atomic E-state index is 12.8. The maximum absolute atomic E-state index is 12.8. The molecule has 134 valence electrons. The summed E-state index contributed by atoms with van der Waals surface area (Å²) in [6.07, 6.45) is 1.34. The normalized spacial score (nSPS) is 10.7. The second-order valence-electron chi connectivity index (χ2n) is 5.82. The van der Waals surface area contributed by atoms with Gasteiger partial charge >= 0.3 is 0 Å². The molecule has 2 N–H and O–H groups in total. The first-order chi connectivity index (χ1) is 13.2. The van der Waals surface area contributed by atoms with Gasteiger partial charge in [-0.3, -0.25) is 10.1 Å². The molecule has 0 aliphatic carbocycles. The van der Waals surface area contributed by atoms with E-state index < -0.39 is 0 Å². The van der Waals surface area contributed by atoms with Gasteiger partial charge in [-0.15, -0.1) is 0 Å². The number of ether oxygens (including phenoxy) is 1. The van der Waals surface area contributed by atoms with Crippen LogP contribution in [-0.4, -0.2) is 32.7 Å². The van der Waals surface area contributed by atoms with Gasteiger partial charge in [0.25, 0.3) is 5.91 Å². The van der Waals surface area contributed by atoms with E-state index in [0.29, 0.717) is 23.8 Å².